The van der Waals surface area contributed by atoms with Crippen LogP contribution in [0.1, 0.15) is 56.7 Å². The predicted octanol–water partition coefficient (Wildman–Crippen LogP) is 4.33. The average Bonchev–Trinajstić information content (AvgIpc) is 2.85. The summed E-state index contributed by atoms with van der Waals surface area (Å²) < 4.78 is 0. The zero-order chi connectivity index (χ0) is 13.7. The Labute approximate surface area is 123 Å². The van der Waals surface area contributed by atoms with Crippen LogP contribution in [0.15, 0.2) is 24.3 Å². The number of nitrogens with one attached hydrogen (secondary N) is 1. The monoisotopic (exact) mass is 269 g/mol. The zero-order valence-corrected chi connectivity index (χ0v) is 12.8. The van der Waals surface area contributed by atoms with Crippen molar-refractivity contribution in [2.24, 2.45) is 23.7 Å². The number of benzene rings is 1. The van der Waals surface area contributed by atoms with E-state index in [0.29, 0.717) is 6.04 Å². The first-order valence-electron chi connectivity index (χ1n) is 8.63. The van der Waals surface area contributed by atoms with Gasteiger partial charge in [-0.05, 0) is 67.4 Å². The fraction of sp³-hybridized carbons (Fsp3) is 0.684. The molecule has 0 spiro atoms. The van der Waals surface area contributed by atoms with E-state index in [-0.39, 0.29) is 0 Å². The van der Waals surface area contributed by atoms with Crippen molar-refractivity contribution in [2.75, 3.05) is 0 Å². The number of fused-ring (bicyclic) bond motifs is 5. The lowest BCUT2D eigenvalue weighted by Crippen LogP contribution is -2.26. The predicted molar refractivity (Wildman–Crippen MR) is 83.6 cm³/mol. The van der Waals surface area contributed by atoms with Crippen LogP contribution < -0.4 is 5.32 Å². The molecule has 0 radical (unpaired) electrons. The summed E-state index contributed by atoms with van der Waals surface area (Å²) >= 11 is 0. The van der Waals surface area contributed by atoms with Crippen molar-refractivity contribution >= 4 is 0 Å². The van der Waals surface area contributed by atoms with E-state index in [4.69, 9.17) is 0 Å². The molecule has 1 N–H and O–H groups in total. The zero-order valence-electron chi connectivity index (χ0n) is 12.8. The standard InChI is InChI=1S/C19H27N/c1-3-4-13-5-7-14(8-6-13)12(2)20-19-17-15-9-10-16(11-15)18(17)19/h5-8,12,15-20H,3-4,9-11H2,1-2H3. The minimum Gasteiger partial charge on any atom is -0.307 e. The van der Waals surface area contributed by atoms with Crippen LogP contribution in [0.2, 0.25) is 0 Å². The summed E-state index contributed by atoms with van der Waals surface area (Å²) in [6, 6.07) is 10.6. The summed E-state index contributed by atoms with van der Waals surface area (Å²) in [6.45, 7) is 4.59. The van der Waals surface area contributed by atoms with Gasteiger partial charge >= 0.3 is 0 Å². The second kappa shape index (κ2) is 4.87. The van der Waals surface area contributed by atoms with Crippen LogP contribution in [-0.2, 0) is 6.42 Å². The topological polar surface area (TPSA) is 12.0 Å². The van der Waals surface area contributed by atoms with Gasteiger partial charge in [-0.3, -0.25) is 0 Å². The maximum atomic E-state index is 3.92. The lowest BCUT2D eigenvalue weighted by molar-refractivity contribution is 0.433. The molecular weight excluding hydrogens is 242 g/mol. The van der Waals surface area contributed by atoms with Crippen molar-refractivity contribution < 1.29 is 0 Å². The van der Waals surface area contributed by atoms with E-state index >= 15 is 0 Å². The maximum Gasteiger partial charge on any atom is 0.0294 e. The molecule has 1 aromatic carbocycles. The molecule has 3 fully saturated rings. The SMILES string of the molecule is CCCc1ccc(C(C)NC2C3C4CCC(C4)C23)cc1. The van der Waals surface area contributed by atoms with Crippen LogP contribution >= 0.6 is 0 Å². The van der Waals surface area contributed by atoms with E-state index in [1.807, 2.05) is 0 Å². The van der Waals surface area contributed by atoms with Gasteiger partial charge in [0.25, 0.3) is 0 Å². The van der Waals surface area contributed by atoms with Crippen LogP contribution in [0.4, 0.5) is 0 Å². The van der Waals surface area contributed by atoms with Gasteiger partial charge < -0.3 is 5.32 Å². The quantitative estimate of drug-likeness (QED) is 0.838. The van der Waals surface area contributed by atoms with E-state index in [9.17, 15) is 0 Å². The van der Waals surface area contributed by atoms with E-state index in [1.54, 1.807) is 6.42 Å². The molecule has 2 bridgehead atoms. The summed E-state index contributed by atoms with van der Waals surface area (Å²) in [5.41, 5.74) is 2.94. The summed E-state index contributed by atoms with van der Waals surface area (Å²) in [6.07, 6.45) is 7.03. The first-order chi connectivity index (χ1) is 9.78. The molecule has 0 aromatic heterocycles. The summed E-state index contributed by atoms with van der Waals surface area (Å²) in [7, 11) is 0. The second-order valence-electron chi connectivity index (χ2n) is 7.39. The van der Waals surface area contributed by atoms with Gasteiger partial charge in [0.15, 0.2) is 0 Å². The first kappa shape index (κ1) is 12.9. The number of aryl methyl sites for hydroxylation is 1. The Morgan fingerprint density at radius 3 is 2.35 bits per heavy atom. The molecule has 1 aromatic rings. The Morgan fingerprint density at radius 2 is 1.75 bits per heavy atom. The van der Waals surface area contributed by atoms with Crippen LogP contribution in [0.25, 0.3) is 0 Å². The van der Waals surface area contributed by atoms with Crippen molar-refractivity contribution in [2.45, 2.75) is 58.0 Å². The molecule has 1 nitrogen and oxygen atoms in total. The minimum absolute atomic E-state index is 0.515. The van der Waals surface area contributed by atoms with E-state index in [1.165, 1.54) is 36.8 Å². The third-order valence-corrected chi connectivity index (χ3v) is 6.20. The summed E-state index contributed by atoms with van der Waals surface area (Å²) in [5, 5.41) is 3.92. The fourth-order valence-corrected chi connectivity index (χ4v) is 5.19. The van der Waals surface area contributed by atoms with Gasteiger partial charge in [0.05, 0.1) is 0 Å². The van der Waals surface area contributed by atoms with Crippen molar-refractivity contribution in [3.63, 3.8) is 0 Å². The molecule has 0 aliphatic heterocycles. The third kappa shape index (κ3) is 2.02. The highest BCUT2D eigenvalue weighted by atomic mass is 15.0. The van der Waals surface area contributed by atoms with Crippen molar-refractivity contribution in [1.82, 2.24) is 5.32 Å². The third-order valence-electron chi connectivity index (χ3n) is 6.20. The smallest absolute Gasteiger partial charge is 0.0294 e. The lowest BCUT2D eigenvalue weighted by atomic mass is 10.0. The van der Waals surface area contributed by atoms with Crippen LogP contribution in [0.3, 0.4) is 0 Å². The molecule has 0 saturated heterocycles. The average molecular weight is 269 g/mol. The molecule has 20 heavy (non-hydrogen) atoms. The second-order valence-corrected chi connectivity index (χ2v) is 7.39. The highest BCUT2D eigenvalue weighted by molar-refractivity contribution is 5.26. The van der Waals surface area contributed by atoms with E-state index < -0.39 is 0 Å². The Bertz CT molecular complexity index is 461. The van der Waals surface area contributed by atoms with E-state index in [2.05, 4.69) is 43.4 Å². The van der Waals surface area contributed by atoms with Crippen LogP contribution in [-0.4, -0.2) is 6.04 Å². The van der Waals surface area contributed by atoms with Gasteiger partial charge in [-0.2, -0.15) is 0 Å². The highest BCUT2D eigenvalue weighted by Crippen LogP contribution is 2.65. The largest absolute Gasteiger partial charge is 0.307 e. The molecule has 5 unspecified atom stereocenters. The molecule has 0 heterocycles. The highest BCUT2D eigenvalue weighted by Gasteiger charge is 2.64. The number of hydrogen-bond acceptors (Lipinski definition) is 1. The molecule has 3 aliphatic carbocycles. The molecule has 5 atom stereocenters. The molecular formula is C19H27N. The Hall–Kier alpha value is -0.820. The Balaban J connectivity index is 1.38. The van der Waals surface area contributed by atoms with Gasteiger partial charge in [0, 0.05) is 12.1 Å². The number of rotatable bonds is 5. The van der Waals surface area contributed by atoms with Gasteiger partial charge in [0.2, 0.25) is 0 Å². The maximum absolute atomic E-state index is 3.92. The first-order valence-corrected chi connectivity index (χ1v) is 8.63. The Kier molecular flexibility index (Phi) is 3.14. The van der Waals surface area contributed by atoms with Crippen molar-refractivity contribution in [3.05, 3.63) is 35.4 Å². The Morgan fingerprint density at radius 1 is 1.10 bits per heavy atom. The lowest BCUT2D eigenvalue weighted by Gasteiger charge is -2.17. The summed E-state index contributed by atoms with van der Waals surface area (Å²) in [4.78, 5) is 0. The van der Waals surface area contributed by atoms with Gasteiger partial charge in [-0.15, -0.1) is 0 Å². The van der Waals surface area contributed by atoms with Crippen LogP contribution in [0, 0.1) is 23.7 Å². The van der Waals surface area contributed by atoms with Gasteiger partial charge in [-0.1, -0.05) is 37.6 Å². The molecule has 0 amide bonds. The fourth-order valence-electron chi connectivity index (χ4n) is 5.19. The van der Waals surface area contributed by atoms with Crippen LogP contribution in [0.5, 0.6) is 0 Å². The molecule has 3 saturated carbocycles. The van der Waals surface area contributed by atoms with E-state index in [0.717, 1.165) is 29.7 Å². The molecule has 3 aliphatic rings. The number of hydrogen-bond donors (Lipinski definition) is 1. The molecule has 108 valence electrons. The van der Waals surface area contributed by atoms with Crippen molar-refractivity contribution in [3.8, 4) is 0 Å². The van der Waals surface area contributed by atoms with Gasteiger partial charge in [0.1, 0.15) is 0 Å². The van der Waals surface area contributed by atoms with Crippen molar-refractivity contribution in [1.29, 1.82) is 0 Å². The molecule has 4 rings (SSSR count). The normalized spacial score (nSPS) is 38.8. The molecule has 1 heteroatoms. The minimum atomic E-state index is 0.515. The van der Waals surface area contributed by atoms with Gasteiger partial charge in [-0.25, -0.2) is 0 Å². The summed E-state index contributed by atoms with van der Waals surface area (Å²) in [5.74, 6) is 4.22.